The Morgan fingerprint density at radius 1 is 1.18 bits per heavy atom. The van der Waals surface area contributed by atoms with Gasteiger partial charge in [-0.3, -0.25) is 0 Å². The Labute approximate surface area is 142 Å². The van der Waals surface area contributed by atoms with Crippen LogP contribution < -0.4 is 0 Å². The highest BCUT2D eigenvalue weighted by atomic mass is 32.1. The fourth-order valence-corrected chi connectivity index (χ4v) is 3.65. The topological polar surface area (TPSA) is 18.5 Å². The van der Waals surface area contributed by atoms with E-state index >= 15 is 0 Å². The first-order chi connectivity index (χ1) is 10.3. The van der Waals surface area contributed by atoms with Crippen molar-refractivity contribution >= 4 is 47.2 Å². The van der Waals surface area contributed by atoms with Gasteiger partial charge in [-0.2, -0.15) is 12.6 Å². The third kappa shape index (κ3) is 2.76. The minimum Gasteiger partial charge on any atom is -0.400 e. The zero-order valence-electron chi connectivity index (χ0n) is 13.4. The van der Waals surface area contributed by atoms with Crippen molar-refractivity contribution in [3.63, 3.8) is 0 Å². The highest BCUT2D eigenvalue weighted by Crippen LogP contribution is 2.39. The van der Waals surface area contributed by atoms with Crippen molar-refractivity contribution in [3.8, 4) is 0 Å². The lowest BCUT2D eigenvalue weighted by Crippen LogP contribution is -2.41. The lowest BCUT2D eigenvalue weighted by molar-refractivity contribution is 0.00578. The van der Waals surface area contributed by atoms with Crippen LogP contribution in [0.4, 0.5) is 0 Å². The van der Waals surface area contributed by atoms with Gasteiger partial charge in [0.05, 0.1) is 11.2 Å². The molecule has 0 spiro atoms. The molecular formula is C17H21BO2S2. The molecule has 116 valence electrons. The molecule has 0 aliphatic carbocycles. The maximum atomic E-state index is 6.14. The van der Waals surface area contributed by atoms with Gasteiger partial charge < -0.3 is 9.31 Å². The molecule has 0 atom stereocenters. The highest BCUT2D eigenvalue weighted by molar-refractivity contribution is 7.80. The van der Waals surface area contributed by atoms with Gasteiger partial charge in [0.1, 0.15) is 0 Å². The third-order valence-corrected chi connectivity index (χ3v) is 5.94. The van der Waals surface area contributed by atoms with Crippen molar-refractivity contribution in [2.24, 2.45) is 0 Å². The first-order valence-corrected chi connectivity index (χ1v) is 8.98. The lowest BCUT2D eigenvalue weighted by Gasteiger charge is -2.32. The summed E-state index contributed by atoms with van der Waals surface area (Å²) in [7, 11) is -0.332. The summed E-state index contributed by atoms with van der Waals surface area (Å²) < 4.78 is 13.6. The Balaban J connectivity index is 1.95. The van der Waals surface area contributed by atoms with Gasteiger partial charge in [-0.1, -0.05) is 24.3 Å². The molecule has 0 N–H and O–H groups in total. The van der Waals surface area contributed by atoms with Crippen LogP contribution in [0.3, 0.4) is 0 Å². The summed E-state index contributed by atoms with van der Waals surface area (Å²) >= 11 is 6.24. The second-order valence-corrected chi connectivity index (χ2v) is 7.88. The molecule has 22 heavy (non-hydrogen) atoms. The molecule has 1 aliphatic heterocycles. The average molecular weight is 332 g/mol. The lowest BCUT2D eigenvalue weighted by atomic mass is 9.78. The Hall–Kier alpha value is -0.745. The number of benzene rings is 1. The van der Waals surface area contributed by atoms with E-state index in [4.69, 9.17) is 9.31 Å². The summed E-state index contributed by atoms with van der Waals surface area (Å²) in [6.45, 7) is 8.29. The van der Waals surface area contributed by atoms with E-state index < -0.39 is 0 Å². The highest BCUT2D eigenvalue weighted by Gasteiger charge is 2.52. The van der Waals surface area contributed by atoms with Gasteiger partial charge in [0.2, 0.25) is 0 Å². The molecule has 2 aromatic rings. The molecule has 1 fully saturated rings. The van der Waals surface area contributed by atoms with Gasteiger partial charge in [0, 0.05) is 10.5 Å². The van der Waals surface area contributed by atoms with Crippen LogP contribution in [0.2, 0.25) is 0 Å². The summed E-state index contributed by atoms with van der Waals surface area (Å²) in [6.07, 6.45) is 2.16. The number of thiophene rings is 1. The van der Waals surface area contributed by atoms with E-state index in [-0.39, 0.29) is 18.3 Å². The molecular weight excluding hydrogens is 311 g/mol. The minimum atomic E-state index is -0.332. The van der Waals surface area contributed by atoms with E-state index in [0.29, 0.717) is 5.75 Å². The van der Waals surface area contributed by atoms with E-state index in [1.54, 1.807) is 11.3 Å². The van der Waals surface area contributed by atoms with Gasteiger partial charge in [-0.25, -0.2) is 0 Å². The standard InChI is InChI=1S/C17H21BO2S2/c1-16(2)17(3,4)20-18(19-16)13(10-21)9-12-11-22-15-8-6-5-7-14(12)15/h5-9,11,21H,10H2,1-4H3. The fraction of sp³-hybridized carbons (Fsp3) is 0.412. The summed E-state index contributed by atoms with van der Waals surface area (Å²) in [5.74, 6) is 0.612. The number of hydrogen-bond donors (Lipinski definition) is 1. The molecule has 0 saturated carbocycles. The van der Waals surface area contributed by atoms with Crippen LogP contribution in [0.25, 0.3) is 16.2 Å². The molecule has 1 saturated heterocycles. The van der Waals surface area contributed by atoms with Crippen molar-refractivity contribution in [1.82, 2.24) is 0 Å². The molecule has 2 heterocycles. The van der Waals surface area contributed by atoms with Crippen molar-refractivity contribution in [1.29, 1.82) is 0 Å². The molecule has 1 aromatic heterocycles. The second kappa shape index (κ2) is 5.71. The predicted octanol–water partition coefficient (Wildman–Crippen LogP) is 4.85. The molecule has 1 aromatic carbocycles. The van der Waals surface area contributed by atoms with Gasteiger partial charge >= 0.3 is 7.12 Å². The zero-order valence-corrected chi connectivity index (χ0v) is 15.1. The number of rotatable bonds is 3. The number of thiol groups is 1. The maximum Gasteiger partial charge on any atom is 0.491 e. The summed E-state index contributed by atoms with van der Waals surface area (Å²) in [4.78, 5) is 0. The van der Waals surface area contributed by atoms with Crippen molar-refractivity contribution in [2.75, 3.05) is 5.75 Å². The second-order valence-electron chi connectivity index (χ2n) is 6.65. The quantitative estimate of drug-likeness (QED) is 0.640. The normalized spacial score (nSPS) is 20.8. The Kier molecular flexibility index (Phi) is 4.19. The van der Waals surface area contributed by atoms with Crippen LogP contribution in [-0.2, 0) is 9.31 Å². The van der Waals surface area contributed by atoms with Crippen molar-refractivity contribution < 1.29 is 9.31 Å². The van der Waals surface area contributed by atoms with E-state index in [2.05, 4.69) is 76.0 Å². The summed E-state index contributed by atoms with van der Waals surface area (Å²) in [5.41, 5.74) is 1.62. The maximum absolute atomic E-state index is 6.14. The average Bonchev–Trinajstić information content (AvgIpc) is 2.95. The van der Waals surface area contributed by atoms with E-state index in [9.17, 15) is 0 Å². The van der Waals surface area contributed by atoms with E-state index in [1.165, 1.54) is 15.6 Å². The smallest absolute Gasteiger partial charge is 0.400 e. The van der Waals surface area contributed by atoms with Gasteiger partial charge in [0.25, 0.3) is 0 Å². The number of hydrogen-bond acceptors (Lipinski definition) is 4. The summed E-state index contributed by atoms with van der Waals surface area (Å²) in [6, 6.07) is 8.44. The zero-order chi connectivity index (χ0) is 16.0. The third-order valence-electron chi connectivity index (χ3n) is 4.59. The van der Waals surface area contributed by atoms with E-state index in [0.717, 1.165) is 5.47 Å². The van der Waals surface area contributed by atoms with Crippen LogP contribution >= 0.6 is 24.0 Å². The molecule has 2 nitrogen and oxygen atoms in total. The molecule has 1 aliphatic rings. The van der Waals surface area contributed by atoms with Gasteiger partial charge in [-0.05, 0) is 55.6 Å². The molecule has 3 rings (SSSR count). The van der Waals surface area contributed by atoms with Crippen LogP contribution in [0.5, 0.6) is 0 Å². The molecule has 0 radical (unpaired) electrons. The predicted molar refractivity (Wildman–Crippen MR) is 99.7 cm³/mol. The monoisotopic (exact) mass is 332 g/mol. The minimum absolute atomic E-state index is 0.323. The van der Waals surface area contributed by atoms with E-state index in [1.807, 2.05) is 0 Å². The number of fused-ring (bicyclic) bond motifs is 1. The van der Waals surface area contributed by atoms with Crippen LogP contribution in [-0.4, -0.2) is 24.1 Å². The summed E-state index contributed by atoms with van der Waals surface area (Å²) in [5, 5.41) is 3.45. The van der Waals surface area contributed by atoms with Gasteiger partial charge in [-0.15, -0.1) is 11.3 Å². The largest absolute Gasteiger partial charge is 0.491 e. The Bertz CT molecular complexity index is 702. The SMILES string of the molecule is CC1(C)OB(C(=Cc2csc3ccccc23)CS)OC1(C)C. The Morgan fingerprint density at radius 3 is 2.45 bits per heavy atom. The molecule has 0 amide bonds. The molecule has 5 heteroatoms. The van der Waals surface area contributed by atoms with Gasteiger partial charge in [0.15, 0.2) is 0 Å². The van der Waals surface area contributed by atoms with Crippen LogP contribution in [0, 0.1) is 0 Å². The first kappa shape index (κ1) is 16.1. The molecule has 0 bridgehead atoms. The Morgan fingerprint density at radius 2 is 1.82 bits per heavy atom. The fourth-order valence-electron chi connectivity index (χ4n) is 2.49. The first-order valence-electron chi connectivity index (χ1n) is 7.47. The van der Waals surface area contributed by atoms with Crippen molar-refractivity contribution in [3.05, 3.63) is 40.7 Å². The van der Waals surface area contributed by atoms with Crippen molar-refractivity contribution in [2.45, 2.75) is 38.9 Å². The molecule has 0 unspecified atom stereocenters. The van der Waals surface area contributed by atoms with Crippen LogP contribution in [0.1, 0.15) is 33.3 Å². The van der Waals surface area contributed by atoms with Crippen LogP contribution in [0.15, 0.2) is 35.1 Å².